The molecule has 86 valence electrons. The highest BCUT2D eigenvalue weighted by Gasteiger charge is 2.35. The number of ether oxygens (including phenoxy) is 1. The molecule has 2 aliphatic heterocycles. The minimum absolute atomic E-state index is 0.178. The van der Waals surface area contributed by atoms with Crippen LogP contribution < -0.4 is 0 Å². The summed E-state index contributed by atoms with van der Waals surface area (Å²) in [6.07, 6.45) is 3.11. The molecule has 3 unspecified atom stereocenters. The Morgan fingerprint density at radius 2 is 2.27 bits per heavy atom. The molecule has 2 heterocycles. The standard InChI is InChI=1S/C11H18BrNO2/c1-8-4-6-15-10(8)11(14)13-5-2-3-9(12)7-13/h8-10H,2-7H2,1H3. The lowest BCUT2D eigenvalue weighted by Crippen LogP contribution is -2.46. The number of hydrogen-bond donors (Lipinski definition) is 0. The molecule has 0 spiro atoms. The summed E-state index contributed by atoms with van der Waals surface area (Å²) in [4.78, 5) is 14.6. The van der Waals surface area contributed by atoms with Gasteiger partial charge >= 0.3 is 0 Å². The zero-order valence-electron chi connectivity index (χ0n) is 9.12. The third kappa shape index (κ3) is 2.53. The van der Waals surface area contributed by atoms with Gasteiger partial charge in [-0.1, -0.05) is 22.9 Å². The van der Waals surface area contributed by atoms with Crippen LogP contribution in [0.3, 0.4) is 0 Å². The van der Waals surface area contributed by atoms with E-state index in [-0.39, 0.29) is 12.0 Å². The molecule has 3 atom stereocenters. The molecule has 15 heavy (non-hydrogen) atoms. The molecular weight excluding hydrogens is 258 g/mol. The van der Waals surface area contributed by atoms with E-state index in [2.05, 4.69) is 22.9 Å². The lowest BCUT2D eigenvalue weighted by atomic mass is 10.0. The number of halogens is 1. The molecule has 2 saturated heterocycles. The van der Waals surface area contributed by atoms with Crippen LogP contribution in [0.25, 0.3) is 0 Å². The Bertz CT molecular complexity index is 247. The molecule has 0 aromatic carbocycles. The Kier molecular flexibility index (Phi) is 3.67. The van der Waals surface area contributed by atoms with Gasteiger partial charge in [0.2, 0.25) is 0 Å². The fraction of sp³-hybridized carbons (Fsp3) is 0.909. The van der Waals surface area contributed by atoms with E-state index in [0.717, 1.165) is 32.5 Å². The minimum Gasteiger partial charge on any atom is -0.368 e. The van der Waals surface area contributed by atoms with E-state index in [9.17, 15) is 4.79 Å². The second-order valence-corrected chi connectivity index (χ2v) is 5.88. The van der Waals surface area contributed by atoms with Crippen LogP contribution in [0.15, 0.2) is 0 Å². The Morgan fingerprint density at radius 3 is 2.87 bits per heavy atom. The van der Waals surface area contributed by atoms with Crippen molar-refractivity contribution in [1.82, 2.24) is 4.90 Å². The number of piperidine rings is 1. The molecule has 4 heteroatoms. The number of amides is 1. The summed E-state index contributed by atoms with van der Waals surface area (Å²) in [6.45, 7) is 4.58. The summed E-state index contributed by atoms with van der Waals surface area (Å²) in [5.74, 6) is 0.581. The first-order valence-electron chi connectivity index (χ1n) is 5.73. The third-order valence-corrected chi connectivity index (χ3v) is 4.05. The molecule has 0 N–H and O–H groups in total. The van der Waals surface area contributed by atoms with Crippen molar-refractivity contribution in [2.75, 3.05) is 19.7 Å². The Balaban J connectivity index is 1.94. The van der Waals surface area contributed by atoms with Crippen LogP contribution in [0.4, 0.5) is 0 Å². The molecule has 0 radical (unpaired) electrons. The molecule has 2 aliphatic rings. The zero-order valence-corrected chi connectivity index (χ0v) is 10.7. The number of carbonyl (C=O) groups is 1. The van der Waals surface area contributed by atoms with Crippen molar-refractivity contribution in [2.24, 2.45) is 5.92 Å². The van der Waals surface area contributed by atoms with Crippen LogP contribution in [0, 0.1) is 5.92 Å². The third-order valence-electron chi connectivity index (χ3n) is 3.31. The fourth-order valence-corrected chi connectivity index (χ4v) is 2.99. The van der Waals surface area contributed by atoms with Crippen molar-refractivity contribution in [1.29, 1.82) is 0 Å². The predicted molar refractivity (Wildman–Crippen MR) is 62.1 cm³/mol. The van der Waals surface area contributed by atoms with Gasteiger partial charge in [0, 0.05) is 24.5 Å². The van der Waals surface area contributed by atoms with Crippen LogP contribution in [-0.4, -0.2) is 41.4 Å². The van der Waals surface area contributed by atoms with Gasteiger partial charge in [-0.25, -0.2) is 0 Å². The zero-order chi connectivity index (χ0) is 10.8. The van der Waals surface area contributed by atoms with Crippen molar-refractivity contribution in [3.63, 3.8) is 0 Å². The maximum atomic E-state index is 12.1. The lowest BCUT2D eigenvalue weighted by molar-refractivity contribution is -0.143. The molecular formula is C11H18BrNO2. The van der Waals surface area contributed by atoms with Gasteiger partial charge in [-0.3, -0.25) is 4.79 Å². The quantitative estimate of drug-likeness (QED) is 0.683. The average molecular weight is 276 g/mol. The number of carbonyl (C=O) groups excluding carboxylic acids is 1. The fourth-order valence-electron chi connectivity index (χ4n) is 2.32. The molecule has 0 aliphatic carbocycles. The van der Waals surface area contributed by atoms with E-state index in [4.69, 9.17) is 4.74 Å². The van der Waals surface area contributed by atoms with Crippen molar-refractivity contribution < 1.29 is 9.53 Å². The van der Waals surface area contributed by atoms with E-state index in [1.54, 1.807) is 0 Å². The van der Waals surface area contributed by atoms with Crippen molar-refractivity contribution >= 4 is 21.8 Å². The van der Waals surface area contributed by atoms with Crippen LogP contribution in [-0.2, 0) is 9.53 Å². The molecule has 0 bridgehead atoms. The average Bonchev–Trinajstić information content (AvgIpc) is 2.63. The van der Waals surface area contributed by atoms with Crippen molar-refractivity contribution in [3.05, 3.63) is 0 Å². The highest BCUT2D eigenvalue weighted by Crippen LogP contribution is 2.24. The van der Waals surface area contributed by atoms with Crippen LogP contribution in [0.2, 0.25) is 0 Å². The Labute approximate surface area is 99.3 Å². The van der Waals surface area contributed by atoms with E-state index in [1.807, 2.05) is 4.90 Å². The normalized spacial score (nSPS) is 36.9. The van der Waals surface area contributed by atoms with Gasteiger partial charge in [-0.05, 0) is 25.2 Å². The van der Waals surface area contributed by atoms with Crippen LogP contribution in [0.1, 0.15) is 26.2 Å². The summed E-state index contributed by atoms with van der Waals surface area (Å²) in [7, 11) is 0. The van der Waals surface area contributed by atoms with Gasteiger partial charge < -0.3 is 9.64 Å². The molecule has 0 aromatic heterocycles. The summed E-state index contributed by atoms with van der Waals surface area (Å²) in [5, 5.41) is 0. The summed E-state index contributed by atoms with van der Waals surface area (Å²) < 4.78 is 5.51. The number of nitrogens with zero attached hydrogens (tertiary/aromatic N) is 1. The highest BCUT2D eigenvalue weighted by molar-refractivity contribution is 9.09. The topological polar surface area (TPSA) is 29.5 Å². The van der Waals surface area contributed by atoms with Crippen molar-refractivity contribution in [2.45, 2.75) is 37.1 Å². The first kappa shape index (κ1) is 11.4. The smallest absolute Gasteiger partial charge is 0.252 e. The minimum atomic E-state index is -0.178. The monoisotopic (exact) mass is 275 g/mol. The van der Waals surface area contributed by atoms with Gasteiger partial charge in [-0.2, -0.15) is 0 Å². The number of likely N-dealkylation sites (tertiary alicyclic amines) is 1. The highest BCUT2D eigenvalue weighted by atomic mass is 79.9. The van der Waals surface area contributed by atoms with Crippen LogP contribution >= 0.6 is 15.9 Å². The maximum absolute atomic E-state index is 12.1. The van der Waals surface area contributed by atoms with E-state index >= 15 is 0 Å². The maximum Gasteiger partial charge on any atom is 0.252 e. The first-order chi connectivity index (χ1) is 7.18. The lowest BCUT2D eigenvalue weighted by Gasteiger charge is -2.32. The molecule has 3 nitrogen and oxygen atoms in total. The van der Waals surface area contributed by atoms with Gasteiger partial charge in [0.15, 0.2) is 0 Å². The van der Waals surface area contributed by atoms with Crippen molar-refractivity contribution in [3.8, 4) is 0 Å². The largest absolute Gasteiger partial charge is 0.368 e. The Morgan fingerprint density at radius 1 is 1.47 bits per heavy atom. The summed E-state index contributed by atoms with van der Waals surface area (Å²) in [5.41, 5.74) is 0. The van der Waals surface area contributed by atoms with Gasteiger partial charge in [-0.15, -0.1) is 0 Å². The number of rotatable bonds is 1. The SMILES string of the molecule is CC1CCOC1C(=O)N1CCCC(Br)C1. The van der Waals surface area contributed by atoms with E-state index in [0.29, 0.717) is 10.7 Å². The van der Waals surface area contributed by atoms with E-state index in [1.165, 1.54) is 6.42 Å². The first-order valence-corrected chi connectivity index (χ1v) is 6.64. The second-order valence-electron chi connectivity index (χ2n) is 4.58. The Hall–Kier alpha value is -0.0900. The number of alkyl halides is 1. The van der Waals surface area contributed by atoms with Gasteiger partial charge in [0.1, 0.15) is 6.10 Å². The van der Waals surface area contributed by atoms with E-state index < -0.39 is 0 Å². The van der Waals surface area contributed by atoms with Gasteiger partial charge in [0.25, 0.3) is 5.91 Å². The molecule has 2 fully saturated rings. The van der Waals surface area contributed by atoms with Gasteiger partial charge in [0.05, 0.1) is 0 Å². The predicted octanol–water partition coefficient (Wildman–Crippen LogP) is 1.80. The number of hydrogen-bond acceptors (Lipinski definition) is 2. The molecule has 0 saturated carbocycles. The molecule has 0 aromatic rings. The summed E-state index contributed by atoms with van der Waals surface area (Å²) in [6, 6.07) is 0. The second kappa shape index (κ2) is 4.83. The molecule has 2 rings (SSSR count). The summed E-state index contributed by atoms with van der Waals surface area (Å²) >= 11 is 3.59. The van der Waals surface area contributed by atoms with Crippen LogP contribution in [0.5, 0.6) is 0 Å². The molecule has 1 amide bonds.